The predicted molar refractivity (Wildman–Crippen MR) is 75.2 cm³/mol. The Hall–Kier alpha value is -1.14. The van der Waals surface area contributed by atoms with Crippen LogP contribution in [0.1, 0.15) is 12.8 Å². The molecule has 6 heteroatoms. The van der Waals surface area contributed by atoms with Crippen molar-refractivity contribution in [2.75, 3.05) is 52.9 Å². The average Bonchev–Trinajstić information content (AvgIpc) is 3.07. The van der Waals surface area contributed by atoms with Crippen molar-refractivity contribution in [3.63, 3.8) is 0 Å². The molecule has 6 nitrogen and oxygen atoms in total. The third kappa shape index (κ3) is 2.67. The second-order valence-electron chi connectivity index (χ2n) is 6.19. The number of piperazine rings is 1. The molecule has 3 aliphatic rings. The molecule has 3 heterocycles. The number of amides is 2. The summed E-state index contributed by atoms with van der Waals surface area (Å²) in [6.07, 6.45) is 1.46. The Morgan fingerprint density at radius 2 is 1.95 bits per heavy atom. The van der Waals surface area contributed by atoms with E-state index in [1.165, 1.54) is 0 Å². The van der Waals surface area contributed by atoms with Crippen molar-refractivity contribution >= 4 is 11.8 Å². The third-order valence-electron chi connectivity index (χ3n) is 4.83. The maximum absolute atomic E-state index is 12.5. The van der Waals surface area contributed by atoms with E-state index >= 15 is 0 Å². The van der Waals surface area contributed by atoms with Crippen molar-refractivity contribution in [2.45, 2.75) is 18.9 Å². The largest absolute Gasteiger partial charge is 0.345 e. The van der Waals surface area contributed by atoms with Crippen LogP contribution < -0.4 is 5.32 Å². The van der Waals surface area contributed by atoms with Crippen molar-refractivity contribution in [1.29, 1.82) is 0 Å². The molecule has 3 rings (SSSR count). The summed E-state index contributed by atoms with van der Waals surface area (Å²) in [5, 5.41) is 3.36. The molecule has 1 N–H and O–H groups in total. The fourth-order valence-electron chi connectivity index (χ4n) is 3.57. The topological polar surface area (TPSA) is 55.9 Å². The van der Waals surface area contributed by atoms with Crippen molar-refractivity contribution < 1.29 is 9.59 Å². The Labute approximate surface area is 120 Å². The molecular weight excluding hydrogens is 256 g/mol. The van der Waals surface area contributed by atoms with Gasteiger partial charge in [0, 0.05) is 65.3 Å². The van der Waals surface area contributed by atoms with Gasteiger partial charge in [0.05, 0.1) is 5.92 Å². The molecule has 3 saturated heterocycles. The number of rotatable bonds is 2. The SMILES string of the molecule is CN1CC(C(=O)N2CCC(N3CCNCC3)C2)CC1=O. The third-order valence-corrected chi connectivity index (χ3v) is 4.83. The van der Waals surface area contributed by atoms with Crippen molar-refractivity contribution in [2.24, 2.45) is 5.92 Å². The number of carbonyl (C=O) groups is 2. The van der Waals surface area contributed by atoms with E-state index in [1.807, 2.05) is 4.90 Å². The molecule has 0 aromatic rings. The lowest BCUT2D eigenvalue weighted by atomic mass is 10.1. The van der Waals surface area contributed by atoms with Gasteiger partial charge >= 0.3 is 0 Å². The van der Waals surface area contributed by atoms with Gasteiger partial charge in [-0.15, -0.1) is 0 Å². The molecule has 20 heavy (non-hydrogen) atoms. The minimum absolute atomic E-state index is 0.0983. The van der Waals surface area contributed by atoms with Crippen molar-refractivity contribution in [1.82, 2.24) is 20.0 Å². The molecule has 0 radical (unpaired) electrons. The van der Waals surface area contributed by atoms with Crippen LogP contribution in [0.25, 0.3) is 0 Å². The lowest BCUT2D eigenvalue weighted by molar-refractivity contribution is -0.135. The Morgan fingerprint density at radius 3 is 2.60 bits per heavy atom. The molecule has 2 unspecified atom stereocenters. The Balaban J connectivity index is 1.54. The quantitative estimate of drug-likeness (QED) is 0.703. The number of nitrogens with zero attached hydrogens (tertiary/aromatic N) is 3. The first-order chi connectivity index (χ1) is 9.65. The van der Waals surface area contributed by atoms with E-state index in [0.29, 0.717) is 19.0 Å². The van der Waals surface area contributed by atoms with Crippen LogP contribution in [-0.4, -0.2) is 85.4 Å². The lowest BCUT2D eigenvalue weighted by Gasteiger charge is -2.32. The van der Waals surface area contributed by atoms with Gasteiger partial charge in [-0.1, -0.05) is 0 Å². The average molecular weight is 280 g/mol. The summed E-state index contributed by atoms with van der Waals surface area (Å²) >= 11 is 0. The summed E-state index contributed by atoms with van der Waals surface area (Å²) < 4.78 is 0. The van der Waals surface area contributed by atoms with Gasteiger partial charge in [0.15, 0.2) is 0 Å². The first kappa shape index (κ1) is 13.8. The maximum Gasteiger partial charge on any atom is 0.228 e. The second-order valence-corrected chi connectivity index (χ2v) is 6.19. The zero-order valence-corrected chi connectivity index (χ0v) is 12.2. The zero-order valence-electron chi connectivity index (χ0n) is 12.2. The van der Waals surface area contributed by atoms with Gasteiger partial charge in [-0.3, -0.25) is 14.5 Å². The van der Waals surface area contributed by atoms with Crippen LogP contribution in [0.4, 0.5) is 0 Å². The summed E-state index contributed by atoms with van der Waals surface area (Å²) in [5.41, 5.74) is 0. The van der Waals surface area contributed by atoms with Gasteiger partial charge in [0.25, 0.3) is 0 Å². The summed E-state index contributed by atoms with van der Waals surface area (Å²) in [4.78, 5) is 30.2. The van der Waals surface area contributed by atoms with Gasteiger partial charge in [0.1, 0.15) is 0 Å². The van der Waals surface area contributed by atoms with Gasteiger partial charge in [-0.2, -0.15) is 0 Å². The number of likely N-dealkylation sites (tertiary alicyclic amines) is 2. The van der Waals surface area contributed by atoms with Gasteiger partial charge < -0.3 is 15.1 Å². The predicted octanol–water partition coefficient (Wildman–Crippen LogP) is -1.03. The Kier molecular flexibility index (Phi) is 3.94. The number of hydrogen-bond donors (Lipinski definition) is 1. The van der Waals surface area contributed by atoms with E-state index in [-0.39, 0.29) is 17.7 Å². The highest BCUT2D eigenvalue weighted by molar-refractivity contribution is 5.89. The van der Waals surface area contributed by atoms with E-state index < -0.39 is 0 Å². The van der Waals surface area contributed by atoms with E-state index in [1.54, 1.807) is 11.9 Å². The molecule has 0 saturated carbocycles. The van der Waals surface area contributed by atoms with Gasteiger partial charge in [0.2, 0.25) is 11.8 Å². The van der Waals surface area contributed by atoms with Crippen LogP contribution in [0.15, 0.2) is 0 Å². The lowest BCUT2D eigenvalue weighted by Crippen LogP contribution is -2.49. The Bertz CT molecular complexity index is 395. The first-order valence-corrected chi connectivity index (χ1v) is 7.62. The molecule has 112 valence electrons. The van der Waals surface area contributed by atoms with Crippen LogP contribution in [0, 0.1) is 5.92 Å². The number of carbonyl (C=O) groups excluding carboxylic acids is 2. The summed E-state index contributed by atoms with van der Waals surface area (Å²) in [6.45, 7) is 6.54. The molecule has 0 aromatic heterocycles. The van der Waals surface area contributed by atoms with Crippen LogP contribution in [0.3, 0.4) is 0 Å². The van der Waals surface area contributed by atoms with Crippen LogP contribution in [0.5, 0.6) is 0 Å². The second kappa shape index (κ2) is 5.69. The van der Waals surface area contributed by atoms with Gasteiger partial charge in [-0.05, 0) is 6.42 Å². The van der Waals surface area contributed by atoms with Crippen LogP contribution in [-0.2, 0) is 9.59 Å². The summed E-state index contributed by atoms with van der Waals surface area (Å²) in [7, 11) is 1.78. The monoisotopic (exact) mass is 280 g/mol. The summed E-state index contributed by atoms with van der Waals surface area (Å²) in [5.74, 6) is 0.163. The molecule has 0 aromatic carbocycles. The molecule has 2 atom stereocenters. The van der Waals surface area contributed by atoms with E-state index in [9.17, 15) is 9.59 Å². The van der Waals surface area contributed by atoms with Crippen LogP contribution in [0.2, 0.25) is 0 Å². The van der Waals surface area contributed by atoms with E-state index in [4.69, 9.17) is 0 Å². The molecule has 0 bridgehead atoms. The first-order valence-electron chi connectivity index (χ1n) is 7.62. The van der Waals surface area contributed by atoms with Crippen molar-refractivity contribution in [3.8, 4) is 0 Å². The molecular formula is C14H24N4O2. The Morgan fingerprint density at radius 1 is 1.20 bits per heavy atom. The minimum atomic E-state index is -0.116. The standard InChI is InChI=1S/C14H24N4O2/c1-16-9-11(8-13(16)19)14(20)18-5-2-12(10-18)17-6-3-15-4-7-17/h11-12,15H,2-10H2,1H3. The maximum atomic E-state index is 12.5. The van der Waals surface area contributed by atoms with E-state index in [2.05, 4.69) is 10.2 Å². The van der Waals surface area contributed by atoms with Gasteiger partial charge in [-0.25, -0.2) is 0 Å². The van der Waals surface area contributed by atoms with Crippen molar-refractivity contribution in [3.05, 3.63) is 0 Å². The van der Waals surface area contributed by atoms with E-state index in [0.717, 1.165) is 45.7 Å². The normalized spacial score (nSPS) is 32.1. The van der Waals surface area contributed by atoms with Crippen LogP contribution >= 0.6 is 0 Å². The number of nitrogens with one attached hydrogen (secondary N) is 1. The summed E-state index contributed by atoms with van der Waals surface area (Å²) in [6, 6.07) is 0.510. The molecule has 2 amide bonds. The molecule has 0 spiro atoms. The zero-order chi connectivity index (χ0) is 14.1. The molecule has 0 aliphatic carbocycles. The highest BCUT2D eigenvalue weighted by Gasteiger charge is 2.38. The fraction of sp³-hybridized carbons (Fsp3) is 0.857. The number of hydrogen-bond acceptors (Lipinski definition) is 4. The highest BCUT2D eigenvalue weighted by Crippen LogP contribution is 2.23. The smallest absolute Gasteiger partial charge is 0.228 e. The minimum Gasteiger partial charge on any atom is -0.345 e. The highest BCUT2D eigenvalue weighted by atomic mass is 16.2. The molecule has 3 aliphatic heterocycles. The fourth-order valence-corrected chi connectivity index (χ4v) is 3.57. The molecule has 3 fully saturated rings.